The number of aromatic amines is 1. The number of nitrogens with one attached hydrogen (secondary N) is 1. The second-order valence-electron chi connectivity index (χ2n) is 4.65. The summed E-state index contributed by atoms with van der Waals surface area (Å²) in [6.07, 6.45) is 1.64. The molecule has 2 aromatic carbocycles. The van der Waals surface area contributed by atoms with E-state index < -0.39 is 5.82 Å². The number of halogens is 1. The summed E-state index contributed by atoms with van der Waals surface area (Å²) in [5.74, 6) is -0.00497. The van der Waals surface area contributed by atoms with Crippen LogP contribution in [-0.4, -0.2) is 17.4 Å². The molecule has 1 aromatic heterocycles. The molecule has 21 heavy (non-hydrogen) atoms. The first-order chi connectivity index (χ1) is 10.2. The van der Waals surface area contributed by atoms with E-state index in [2.05, 4.69) is 4.98 Å². The molecular weight excluding hydrogens is 269 g/mol. The molecule has 0 saturated carbocycles. The molecule has 0 fully saturated rings. The van der Waals surface area contributed by atoms with Gasteiger partial charge in [0.05, 0.1) is 17.6 Å². The van der Waals surface area contributed by atoms with Crippen molar-refractivity contribution in [3.63, 3.8) is 0 Å². The summed E-state index contributed by atoms with van der Waals surface area (Å²) in [7, 11) is 0. The molecule has 0 spiro atoms. The topological polar surface area (TPSA) is 42.1 Å². The number of ether oxygens (including phenoxy) is 1. The van der Waals surface area contributed by atoms with Crippen LogP contribution in [0, 0.1) is 5.82 Å². The second-order valence-corrected chi connectivity index (χ2v) is 4.65. The smallest absolute Gasteiger partial charge is 0.195 e. The molecule has 0 amide bonds. The summed E-state index contributed by atoms with van der Waals surface area (Å²) < 4.78 is 18.9. The molecule has 1 heterocycles. The lowest BCUT2D eigenvalue weighted by Gasteiger charge is -2.06. The van der Waals surface area contributed by atoms with Crippen molar-refractivity contribution in [1.82, 2.24) is 4.98 Å². The van der Waals surface area contributed by atoms with Crippen molar-refractivity contribution in [2.75, 3.05) is 6.61 Å². The highest BCUT2D eigenvalue weighted by Gasteiger charge is 2.17. The van der Waals surface area contributed by atoms with Gasteiger partial charge in [-0.05, 0) is 31.2 Å². The van der Waals surface area contributed by atoms with Crippen LogP contribution < -0.4 is 4.74 Å². The van der Waals surface area contributed by atoms with Crippen molar-refractivity contribution in [2.24, 2.45) is 0 Å². The van der Waals surface area contributed by atoms with E-state index >= 15 is 0 Å². The average molecular weight is 283 g/mol. The molecule has 3 rings (SSSR count). The van der Waals surface area contributed by atoms with Crippen molar-refractivity contribution >= 4 is 16.7 Å². The summed E-state index contributed by atoms with van der Waals surface area (Å²) in [6, 6.07) is 11.2. The van der Waals surface area contributed by atoms with Gasteiger partial charge in [0.15, 0.2) is 5.78 Å². The zero-order valence-electron chi connectivity index (χ0n) is 11.5. The monoisotopic (exact) mass is 283 g/mol. The average Bonchev–Trinajstić information content (AvgIpc) is 2.92. The Morgan fingerprint density at radius 3 is 2.81 bits per heavy atom. The number of hydrogen-bond donors (Lipinski definition) is 1. The minimum Gasteiger partial charge on any atom is -0.493 e. The molecule has 0 aliphatic rings. The van der Waals surface area contributed by atoms with Gasteiger partial charge in [0.1, 0.15) is 11.6 Å². The zero-order valence-corrected chi connectivity index (χ0v) is 11.5. The Bertz CT molecular complexity index is 807. The van der Waals surface area contributed by atoms with Crippen LogP contribution in [0.3, 0.4) is 0 Å². The maximum Gasteiger partial charge on any atom is 0.195 e. The zero-order chi connectivity index (χ0) is 14.8. The van der Waals surface area contributed by atoms with Crippen LogP contribution in [0.5, 0.6) is 5.75 Å². The Kier molecular flexibility index (Phi) is 3.44. The lowest BCUT2D eigenvalue weighted by molar-refractivity contribution is 0.103. The Morgan fingerprint density at radius 2 is 2.05 bits per heavy atom. The lowest BCUT2D eigenvalue weighted by Crippen LogP contribution is -2.02. The highest BCUT2D eigenvalue weighted by atomic mass is 19.1. The molecule has 0 aliphatic carbocycles. The lowest BCUT2D eigenvalue weighted by atomic mass is 10.0. The molecule has 0 atom stereocenters. The van der Waals surface area contributed by atoms with Gasteiger partial charge in [0.25, 0.3) is 0 Å². The van der Waals surface area contributed by atoms with E-state index in [0.717, 1.165) is 10.9 Å². The van der Waals surface area contributed by atoms with Gasteiger partial charge in [-0.1, -0.05) is 18.2 Å². The van der Waals surface area contributed by atoms with Gasteiger partial charge in [-0.25, -0.2) is 4.39 Å². The molecule has 0 saturated heterocycles. The van der Waals surface area contributed by atoms with E-state index in [-0.39, 0.29) is 5.78 Å². The largest absolute Gasteiger partial charge is 0.493 e. The number of H-pyrrole nitrogens is 1. The van der Waals surface area contributed by atoms with Crippen molar-refractivity contribution < 1.29 is 13.9 Å². The maximum atomic E-state index is 13.3. The van der Waals surface area contributed by atoms with E-state index in [1.54, 1.807) is 12.3 Å². The Balaban J connectivity index is 2.14. The van der Waals surface area contributed by atoms with Gasteiger partial charge < -0.3 is 9.72 Å². The fourth-order valence-corrected chi connectivity index (χ4v) is 2.39. The van der Waals surface area contributed by atoms with E-state index in [0.29, 0.717) is 23.5 Å². The highest BCUT2D eigenvalue weighted by molar-refractivity contribution is 6.17. The van der Waals surface area contributed by atoms with Gasteiger partial charge in [-0.15, -0.1) is 0 Å². The van der Waals surface area contributed by atoms with Crippen molar-refractivity contribution in [2.45, 2.75) is 6.92 Å². The maximum absolute atomic E-state index is 13.3. The summed E-state index contributed by atoms with van der Waals surface area (Å²) in [4.78, 5) is 15.6. The quantitative estimate of drug-likeness (QED) is 0.737. The van der Waals surface area contributed by atoms with E-state index in [1.165, 1.54) is 18.2 Å². The standard InChI is InChI=1S/C17H14FNO2/c1-2-21-15-8-4-7-14-16(15)13(10-19-14)17(20)11-5-3-6-12(18)9-11/h3-10,19H,2H2,1H3. The number of benzene rings is 2. The molecule has 3 aromatic rings. The normalized spacial score (nSPS) is 10.8. The van der Waals surface area contributed by atoms with Crippen LogP contribution in [-0.2, 0) is 0 Å². The second kappa shape index (κ2) is 5.40. The van der Waals surface area contributed by atoms with Crippen LogP contribution in [0.1, 0.15) is 22.8 Å². The summed E-state index contributed by atoms with van der Waals surface area (Å²) in [5.41, 5.74) is 1.63. The van der Waals surface area contributed by atoms with E-state index in [4.69, 9.17) is 4.74 Å². The Morgan fingerprint density at radius 1 is 1.24 bits per heavy atom. The van der Waals surface area contributed by atoms with Crippen LogP contribution in [0.15, 0.2) is 48.7 Å². The number of hydrogen-bond acceptors (Lipinski definition) is 2. The SMILES string of the molecule is CCOc1cccc2[nH]cc(C(=O)c3cccc(F)c3)c12. The fourth-order valence-electron chi connectivity index (χ4n) is 2.39. The minimum absolute atomic E-state index is 0.229. The molecule has 0 aliphatic heterocycles. The number of carbonyl (C=O) groups is 1. The van der Waals surface area contributed by atoms with Crippen molar-refractivity contribution in [3.8, 4) is 5.75 Å². The third-order valence-corrected chi connectivity index (χ3v) is 3.30. The summed E-state index contributed by atoms with van der Waals surface area (Å²) >= 11 is 0. The summed E-state index contributed by atoms with van der Waals surface area (Å²) in [6.45, 7) is 2.40. The molecule has 3 nitrogen and oxygen atoms in total. The van der Waals surface area contributed by atoms with Crippen molar-refractivity contribution in [1.29, 1.82) is 0 Å². The number of rotatable bonds is 4. The molecule has 106 valence electrons. The van der Waals surface area contributed by atoms with Gasteiger partial charge in [-0.2, -0.15) is 0 Å². The first-order valence-corrected chi connectivity index (χ1v) is 6.74. The molecule has 4 heteroatoms. The van der Waals surface area contributed by atoms with E-state index in [1.807, 2.05) is 25.1 Å². The van der Waals surface area contributed by atoms with Crippen LogP contribution >= 0.6 is 0 Å². The van der Waals surface area contributed by atoms with Crippen molar-refractivity contribution in [3.05, 3.63) is 65.6 Å². The third-order valence-electron chi connectivity index (χ3n) is 3.30. The van der Waals surface area contributed by atoms with Crippen LogP contribution in [0.4, 0.5) is 4.39 Å². The van der Waals surface area contributed by atoms with Gasteiger partial charge in [0.2, 0.25) is 0 Å². The Labute approximate surface area is 121 Å². The number of ketones is 1. The molecule has 1 N–H and O–H groups in total. The van der Waals surface area contributed by atoms with Crippen LogP contribution in [0.2, 0.25) is 0 Å². The number of aromatic nitrogens is 1. The summed E-state index contributed by atoms with van der Waals surface area (Å²) in [5, 5.41) is 0.730. The molecular formula is C17H14FNO2. The number of carbonyl (C=O) groups excluding carboxylic acids is 1. The number of fused-ring (bicyclic) bond motifs is 1. The van der Waals surface area contributed by atoms with Gasteiger partial charge in [0, 0.05) is 17.3 Å². The molecule has 0 unspecified atom stereocenters. The van der Waals surface area contributed by atoms with Gasteiger partial charge >= 0.3 is 0 Å². The third kappa shape index (κ3) is 2.40. The first-order valence-electron chi connectivity index (χ1n) is 6.74. The molecule has 0 radical (unpaired) electrons. The van der Waals surface area contributed by atoms with Crippen LogP contribution in [0.25, 0.3) is 10.9 Å². The minimum atomic E-state index is -0.425. The Hall–Kier alpha value is -2.62. The van der Waals surface area contributed by atoms with Gasteiger partial charge in [-0.3, -0.25) is 4.79 Å². The fraction of sp³-hybridized carbons (Fsp3) is 0.118. The van der Waals surface area contributed by atoms with E-state index in [9.17, 15) is 9.18 Å². The predicted octanol–water partition coefficient (Wildman–Crippen LogP) is 3.94. The first kappa shape index (κ1) is 13.4. The predicted molar refractivity (Wildman–Crippen MR) is 79.3 cm³/mol. The highest BCUT2D eigenvalue weighted by Crippen LogP contribution is 2.30. The molecule has 0 bridgehead atoms.